The lowest BCUT2D eigenvalue weighted by Crippen LogP contribution is -2.44. The largest absolute Gasteiger partial charge is 0.380 e. The van der Waals surface area contributed by atoms with Gasteiger partial charge in [-0.1, -0.05) is 22.8 Å². The second-order valence-electron chi connectivity index (χ2n) is 7.40. The van der Waals surface area contributed by atoms with Crippen molar-refractivity contribution in [2.45, 2.75) is 31.8 Å². The van der Waals surface area contributed by atoms with Gasteiger partial charge in [0.1, 0.15) is 48.0 Å². The molecule has 0 fully saturated rings. The Morgan fingerprint density at radius 2 is 1.91 bits per heavy atom. The Hall–Kier alpha value is -3.21. The molecule has 2 atom stereocenters. The molecule has 2 aromatic heterocycles. The highest BCUT2D eigenvalue weighted by Gasteiger charge is 2.40. The molecule has 0 radical (unpaired) electrons. The fraction of sp³-hybridized carbons (Fsp3) is 0.227. The minimum atomic E-state index is -1.92. The first-order chi connectivity index (χ1) is 15.8. The topological polar surface area (TPSA) is 86.2 Å². The van der Waals surface area contributed by atoms with Crippen LogP contribution < -0.4 is 0 Å². The quantitative estimate of drug-likeness (QED) is 0.401. The van der Waals surface area contributed by atoms with Gasteiger partial charge in [-0.05, 0) is 31.2 Å². The van der Waals surface area contributed by atoms with Crippen LogP contribution >= 0.6 is 11.6 Å². The third kappa shape index (κ3) is 4.92. The zero-order valence-electron chi connectivity index (χ0n) is 17.3. The summed E-state index contributed by atoms with van der Waals surface area (Å²) >= 11 is 6.06. The van der Waals surface area contributed by atoms with E-state index in [0.29, 0.717) is 23.1 Å². The van der Waals surface area contributed by atoms with Gasteiger partial charge in [-0.15, -0.1) is 0 Å². The van der Waals surface area contributed by atoms with Crippen molar-refractivity contribution in [3.05, 3.63) is 88.9 Å². The number of aromatic nitrogens is 4. The molecule has 0 bridgehead atoms. The van der Waals surface area contributed by atoms with Crippen LogP contribution in [0, 0.1) is 17.5 Å². The third-order valence-electron chi connectivity index (χ3n) is 5.18. The summed E-state index contributed by atoms with van der Waals surface area (Å²) in [6, 6.07) is 8.32. The number of hydrogen-bond donors (Lipinski definition) is 1. The Labute approximate surface area is 191 Å². The third-order valence-corrected chi connectivity index (χ3v) is 5.49. The molecule has 4 rings (SSSR count). The zero-order valence-corrected chi connectivity index (χ0v) is 18.0. The van der Waals surface area contributed by atoms with Gasteiger partial charge in [0.05, 0.1) is 17.7 Å². The maximum Gasteiger partial charge on any atom is 0.163 e. The lowest BCUT2D eigenvalue weighted by molar-refractivity contribution is -0.126. The summed E-state index contributed by atoms with van der Waals surface area (Å²) in [5.74, 6) is -1.90. The normalized spacial score (nSPS) is 14.2. The Morgan fingerprint density at radius 1 is 1.15 bits per heavy atom. The molecule has 0 saturated heterocycles. The summed E-state index contributed by atoms with van der Waals surface area (Å²) in [5, 5.41) is 19.5. The van der Waals surface area contributed by atoms with Crippen molar-refractivity contribution in [2.75, 3.05) is 0 Å². The molecule has 2 unspecified atom stereocenters. The number of ether oxygens (including phenoxy) is 1. The van der Waals surface area contributed by atoms with E-state index in [1.807, 2.05) is 0 Å². The summed E-state index contributed by atoms with van der Waals surface area (Å²) in [5.41, 5.74) is -1.25. The Balaban J connectivity index is 1.55. The predicted octanol–water partition coefficient (Wildman–Crippen LogP) is 4.50. The van der Waals surface area contributed by atoms with Crippen LogP contribution in [0.2, 0.25) is 5.02 Å². The summed E-state index contributed by atoms with van der Waals surface area (Å²) in [6.45, 7) is 1.20. The molecule has 33 heavy (non-hydrogen) atoms. The standard InChI is InChI=1S/C22H18ClF3N4O3/c1-13(32-9-16-8-21(29-33-16)17-4-2-14(24)6-19(17)23)22(31,10-30-12-27-11-28-30)18-5-3-15(25)7-20(18)26/h2-8,11-13,31H,9-10H2,1H3. The van der Waals surface area contributed by atoms with Gasteiger partial charge in [0.2, 0.25) is 0 Å². The van der Waals surface area contributed by atoms with Crippen LogP contribution in [-0.2, 0) is 23.5 Å². The van der Waals surface area contributed by atoms with Gasteiger partial charge in [0.15, 0.2) is 5.76 Å². The molecule has 0 spiro atoms. The number of aliphatic hydroxyl groups is 1. The summed E-state index contributed by atoms with van der Waals surface area (Å²) in [4.78, 5) is 3.82. The smallest absolute Gasteiger partial charge is 0.163 e. The highest BCUT2D eigenvalue weighted by Crippen LogP contribution is 2.33. The highest BCUT2D eigenvalue weighted by atomic mass is 35.5. The van der Waals surface area contributed by atoms with Crippen LogP contribution in [-0.4, -0.2) is 31.1 Å². The first kappa shape index (κ1) is 23.0. The molecule has 0 amide bonds. The van der Waals surface area contributed by atoms with E-state index in [1.165, 1.54) is 36.4 Å². The van der Waals surface area contributed by atoms with Crippen molar-refractivity contribution in [3.8, 4) is 11.3 Å². The van der Waals surface area contributed by atoms with Gasteiger partial charge < -0.3 is 14.4 Å². The minimum absolute atomic E-state index is 0.130. The molecule has 11 heteroatoms. The number of halogens is 4. The van der Waals surface area contributed by atoms with Gasteiger partial charge in [0.25, 0.3) is 0 Å². The predicted molar refractivity (Wildman–Crippen MR) is 111 cm³/mol. The van der Waals surface area contributed by atoms with Crippen LogP contribution in [0.5, 0.6) is 0 Å². The molecule has 7 nitrogen and oxygen atoms in total. The van der Waals surface area contributed by atoms with E-state index in [4.69, 9.17) is 20.9 Å². The first-order valence-electron chi connectivity index (χ1n) is 9.79. The van der Waals surface area contributed by atoms with Crippen LogP contribution in [0.15, 0.2) is 59.6 Å². The van der Waals surface area contributed by atoms with Gasteiger partial charge in [-0.3, -0.25) is 0 Å². The van der Waals surface area contributed by atoms with Crippen molar-refractivity contribution in [1.29, 1.82) is 0 Å². The Kier molecular flexibility index (Phi) is 6.50. The Bertz CT molecular complexity index is 1250. The van der Waals surface area contributed by atoms with Crippen molar-refractivity contribution >= 4 is 11.6 Å². The second kappa shape index (κ2) is 9.34. The maximum atomic E-state index is 14.6. The highest BCUT2D eigenvalue weighted by molar-refractivity contribution is 6.33. The van der Waals surface area contributed by atoms with Crippen molar-refractivity contribution in [1.82, 2.24) is 19.9 Å². The van der Waals surface area contributed by atoms with Crippen molar-refractivity contribution < 1.29 is 27.5 Å². The van der Waals surface area contributed by atoms with Gasteiger partial charge in [0, 0.05) is 23.3 Å². The van der Waals surface area contributed by atoms with E-state index < -0.39 is 29.2 Å². The number of hydrogen-bond acceptors (Lipinski definition) is 6. The molecular weight excluding hydrogens is 461 g/mol. The van der Waals surface area contributed by atoms with Crippen molar-refractivity contribution in [2.24, 2.45) is 0 Å². The summed E-state index contributed by atoms with van der Waals surface area (Å²) < 4.78 is 53.7. The number of rotatable bonds is 8. The lowest BCUT2D eigenvalue weighted by atomic mass is 9.88. The van der Waals surface area contributed by atoms with Gasteiger partial charge in [-0.25, -0.2) is 22.8 Å². The van der Waals surface area contributed by atoms with Gasteiger partial charge >= 0.3 is 0 Å². The van der Waals surface area contributed by atoms with E-state index in [1.54, 1.807) is 6.07 Å². The molecule has 2 heterocycles. The molecule has 0 aliphatic rings. The van der Waals surface area contributed by atoms with E-state index in [2.05, 4.69) is 15.2 Å². The fourth-order valence-corrected chi connectivity index (χ4v) is 3.65. The molecule has 4 aromatic rings. The molecule has 0 aliphatic carbocycles. The van der Waals surface area contributed by atoms with E-state index in [0.717, 1.165) is 18.2 Å². The molecule has 0 saturated carbocycles. The van der Waals surface area contributed by atoms with Crippen LogP contribution in [0.1, 0.15) is 18.2 Å². The van der Waals surface area contributed by atoms with Crippen molar-refractivity contribution in [3.63, 3.8) is 0 Å². The molecule has 0 aliphatic heterocycles. The maximum absolute atomic E-state index is 14.6. The molecule has 172 valence electrons. The van der Waals surface area contributed by atoms with E-state index in [-0.39, 0.29) is 23.7 Å². The first-order valence-corrected chi connectivity index (χ1v) is 10.2. The molecule has 1 N–H and O–H groups in total. The minimum Gasteiger partial charge on any atom is -0.380 e. The Morgan fingerprint density at radius 3 is 2.61 bits per heavy atom. The second-order valence-corrected chi connectivity index (χ2v) is 7.80. The number of nitrogens with zero attached hydrogens (tertiary/aromatic N) is 4. The number of benzene rings is 2. The zero-order chi connectivity index (χ0) is 23.6. The van der Waals surface area contributed by atoms with Gasteiger partial charge in [-0.2, -0.15) is 5.10 Å². The monoisotopic (exact) mass is 478 g/mol. The van der Waals surface area contributed by atoms with E-state index in [9.17, 15) is 18.3 Å². The summed E-state index contributed by atoms with van der Waals surface area (Å²) in [6.07, 6.45) is 1.63. The average molecular weight is 479 g/mol. The molecule has 2 aromatic carbocycles. The fourth-order valence-electron chi connectivity index (χ4n) is 3.38. The van der Waals surface area contributed by atoms with E-state index >= 15 is 0 Å². The lowest BCUT2D eigenvalue weighted by Gasteiger charge is -2.34. The average Bonchev–Trinajstić information content (AvgIpc) is 3.44. The van der Waals surface area contributed by atoms with Crippen LogP contribution in [0.4, 0.5) is 13.2 Å². The van der Waals surface area contributed by atoms with Crippen LogP contribution in [0.25, 0.3) is 11.3 Å². The summed E-state index contributed by atoms with van der Waals surface area (Å²) in [7, 11) is 0. The molecular formula is C22H18ClF3N4O3. The SMILES string of the molecule is CC(OCc1cc(-c2ccc(F)cc2Cl)no1)C(O)(Cn1cncn1)c1ccc(F)cc1F. The van der Waals surface area contributed by atoms with Crippen LogP contribution in [0.3, 0.4) is 0 Å².